The first kappa shape index (κ1) is 18.5. The fourth-order valence-electron chi connectivity index (χ4n) is 2.40. The Morgan fingerprint density at radius 1 is 1.29 bits per heavy atom. The van der Waals surface area contributed by atoms with E-state index in [2.05, 4.69) is 13.8 Å². The van der Waals surface area contributed by atoms with Crippen molar-refractivity contribution in [1.29, 1.82) is 0 Å². The van der Waals surface area contributed by atoms with E-state index in [1.165, 1.54) is 13.8 Å². The summed E-state index contributed by atoms with van der Waals surface area (Å²) in [5, 5.41) is 0.656. The van der Waals surface area contributed by atoms with E-state index in [-0.39, 0.29) is 5.92 Å². The molecule has 0 amide bonds. The molecule has 131 valence electrons. The van der Waals surface area contributed by atoms with Crippen LogP contribution in [-0.2, 0) is 29.8 Å². The number of hydrogen-bond acceptors (Lipinski definition) is 6. The second-order valence-corrected chi connectivity index (χ2v) is 7.57. The summed E-state index contributed by atoms with van der Waals surface area (Å²) in [6.45, 7) is 9.08. The minimum atomic E-state index is -2.21. The van der Waals surface area contributed by atoms with Gasteiger partial charge in [-0.25, -0.2) is 0 Å². The van der Waals surface area contributed by atoms with Gasteiger partial charge < -0.3 is 18.3 Å². The molecule has 1 radical (unpaired) electrons. The van der Waals surface area contributed by atoms with Gasteiger partial charge in [0.2, 0.25) is 5.79 Å². The van der Waals surface area contributed by atoms with Crippen LogP contribution < -0.4 is 9.92 Å². The zero-order valence-corrected chi connectivity index (χ0v) is 15.7. The average molecular weight is 351 g/mol. The third-order valence-electron chi connectivity index (χ3n) is 4.10. The maximum atomic E-state index is 11.3. The Kier molecular flexibility index (Phi) is 5.66. The van der Waals surface area contributed by atoms with Crippen molar-refractivity contribution in [3.63, 3.8) is 0 Å². The van der Waals surface area contributed by atoms with Gasteiger partial charge in [-0.05, 0) is 18.6 Å². The predicted octanol–water partition coefficient (Wildman–Crippen LogP) is 2.18. The van der Waals surface area contributed by atoms with E-state index in [0.717, 1.165) is 17.7 Å². The Morgan fingerprint density at radius 2 is 1.92 bits per heavy atom. The first-order chi connectivity index (χ1) is 11.2. The minimum absolute atomic E-state index is 0.243. The Morgan fingerprint density at radius 3 is 2.46 bits per heavy atom. The average Bonchev–Trinajstić information content (AvgIpc) is 2.52. The third-order valence-corrected chi connectivity index (χ3v) is 5.83. The summed E-state index contributed by atoms with van der Waals surface area (Å²) in [4.78, 5) is 22.5. The summed E-state index contributed by atoms with van der Waals surface area (Å²) in [5.41, 5.74) is 0.843. The van der Waals surface area contributed by atoms with Crippen molar-refractivity contribution < 1.29 is 27.9 Å². The fraction of sp³-hybridized carbons (Fsp3) is 0.529. The molecule has 6 nitrogen and oxygen atoms in total. The topological polar surface area (TPSA) is 71.1 Å². The quantitative estimate of drug-likeness (QED) is 0.757. The molecule has 0 aromatic heterocycles. The summed E-state index contributed by atoms with van der Waals surface area (Å²) in [6, 6.07) is 5.39. The molecule has 1 aliphatic heterocycles. The summed E-state index contributed by atoms with van der Waals surface area (Å²) in [6.07, 6.45) is 0.940. The monoisotopic (exact) mass is 351 g/mol. The number of ether oxygens (including phenoxy) is 2. The van der Waals surface area contributed by atoms with Crippen LogP contribution in [-0.4, -0.2) is 27.0 Å². The van der Waals surface area contributed by atoms with Crippen molar-refractivity contribution in [3.05, 3.63) is 23.8 Å². The smallest absolute Gasteiger partial charge is 0.480 e. The first-order valence-corrected chi connectivity index (χ1v) is 9.27. The molecule has 7 heteroatoms. The molecule has 0 fully saturated rings. The molecule has 1 aromatic rings. The van der Waals surface area contributed by atoms with Crippen LogP contribution >= 0.6 is 0 Å². The Bertz CT molecular complexity index is 616. The minimum Gasteiger partial charge on any atom is -0.480 e. The number of benzene rings is 1. The molecule has 2 atom stereocenters. The molecule has 24 heavy (non-hydrogen) atoms. The number of carbonyl (C=O) groups excluding carboxylic acids is 2. The van der Waals surface area contributed by atoms with Gasteiger partial charge >= 0.3 is 9.28 Å². The van der Waals surface area contributed by atoms with E-state index < -0.39 is 27.0 Å². The van der Waals surface area contributed by atoms with Crippen LogP contribution in [0.15, 0.2) is 18.2 Å². The van der Waals surface area contributed by atoms with Crippen LogP contribution in [0, 0.1) is 5.92 Å². The van der Waals surface area contributed by atoms with Crippen LogP contribution in [0.1, 0.15) is 46.6 Å². The van der Waals surface area contributed by atoms with Crippen molar-refractivity contribution in [2.45, 2.75) is 53.4 Å². The lowest BCUT2D eigenvalue weighted by Crippen LogP contribution is -2.45. The normalized spacial score (nSPS) is 20.8. The van der Waals surface area contributed by atoms with Gasteiger partial charge in [0.1, 0.15) is 5.75 Å². The number of rotatable bonds is 5. The van der Waals surface area contributed by atoms with E-state index in [0.29, 0.717) is 11.8 Å². The van der Waals surface area contributed by atoms with Crippen LogP contribution in [0.3, 0.4) is 0 Å². The number of hydrogen-bond donors (Lipinski definition) is 0. The molecule has 0 spiro atoms. The van der Waals surface area contributed by atoms with Crippen molar-refractivity contribution >= 4 is 26.4 Å². The van der Waals surface area contributed by atoms with Crippen molar-refractivity contribution in [1.82, 2.24) is 0 Å². The molecule has 1 aromatic carbocycles. The molecule has 0 saturated carbocycles. The fourth-order valence-corrected chi connectivity index (χ4v) is 3.71. The van der Waals surface area contributed by atoms with Crippen molar-refractivity contribution in [3.8, 4) is 5.75 Å². The molecular formula is C17H23O6Si. The Labute approximate surface area is 143 Å². The van der Waals surface area contributed by atoms with Gasteiger partial charge in [0.05, 0.1) is 6.61 Å². The van der Waals surface area contributed by atoms with Gasteiger partial charge in [-0.1, -0.05) is 19.9 Å². The second-order valence-electron chi connectivity index (χ2n) is 6.01. The van der Waals surface area contributed by atoms with E-state index in [4.69, 9.17) is 18.3 Å². The maximum absolute atomic E-state index is 11.3. The van der Waals surface area contributed by atoms with Crippen molar-refractivity contribution in [2.75, 3.05) is 0 Å². The van der Waals surface area contributed by atoms with Gasteiger partial charge in [0, 0.05) is 37.4 Å². The van der Waals surface area contributed by atoms with Gasteiger partial charge in [-0.3, -0.25) is 9.59 Å². The summed E-state index contributed by atoms with van der Waals surface area (Å²) in [7, 11) is -2.21. The van der Waals surface area contributed by atoms with E-state index in [1.54, 1.807) is 6.07 Å². The van der Waals surface area contributed by atoms with Crippen LogP contribution in [0.25, 0.3) is 0 Å². The van der Waals surface area contributed by atoms with Gasteiger partial charge in [0.25, 0.3) is 11.9 Å². The number of fused-ring (bicyclic) bond motifs is 1. The van der Waals surface area contributed by atoms with E-state index >= 15 is 0 Å². The summed E-state index contributed by atoms with van der Waals surface area (Å²) < 4.78 is 22.3. The molecule has 0 saturated heterocycles. The lowest BCUT2D eigenvalue weighted by molar-refractivity contribution is -0.223. The molecule has 0 aliphatic carbocycles. The highest BCUT2D eigenvalue weighted by molar-refractivity contribution is 6.64. The highest BCUT2D eigenvalue weighted by atomic mass is 28.3. The zero-order valence-electron chi connectivity index (χ0n) is 14.7. The van der Waals surface area contributed by atoms with Gasteiger partial charge in [0.15, 0.2) is 0 Å². The Hall–Kier alpha value is -1.86. The first-order valence-electron chi connectivity index (χ1n) is 7.95. The van der Waals surface area contributed by atoms with Gasteiger partial charge in [-0.15, -0.1) is 0 Å². The van der Waals surface area contributed by atoms with Crippen molar-refractivity contribution in [2.24, 2.45) is 5.92 Å². The lowest BCUT2D eigenvalue weighted by Gasteiger charge is -2.39. The highest BCUT2D eigenvalue weighted by Gasteiger charge is 2.38. The molecule has 2 unspecified atom stereocenters. The molecule has 2 rings (SSSR count). The zero-order chi connectivity index (χ0) is 17.9. The lowest BCUT2D eigenvalue weighted by atomic mass is 9.98. The maximum Gasteiger partial charge on any atom is 0.576 e. The number of carbonyl (C=O) groups is 2. The van der Waals surface area contributed by atoms with Crippen LogP contribution in [0.5, 0.6) is 5.75 Å². The SMILES string of the molecule is CCC(C)C1(C)OCc2cc([Si](OC(C)=O)OC(C)=O)ccc2O1. The van der Waals surface area contributed by atoms with E-state index in [1.807, 2.05) is 19.1 Å². The largest absolute Gasteiger partial charge is 0.576 e. The second kappa shape index (κ2) is 7.35. The molecule has 0 bridgehead atoms. The predicted molar refractivity (Wildman–Crippen MR) is 88.6 cm³/mol. The highest BCUT2D eigenvalue weighted by Crippen LogP contribution is 2.36. The van der Waals surface area contributed by atoms with Crippen LogP contribution in [0.2, 0.25) is 0 Å². The van der Waals surface area contributed by atoms with E-state index in [9.17, 15) is 9.59 Å². The molecule has 0 N–H and O–H groups in total. The molecule has 1 heterocycles. The summed E-state index contributed by atoms with van der Waals surface area (Å²) in [5.74, 6) is -0.658. The Balaban J connectivity index is 2.25. The standard InChI is InChI=1S/C17H23O6Si/c1-6-11(2)17(5)20-10-14-9-15(7-8-16(14)21-17)24(22-12(3)18)23-13(4)19/h7-9,11H,6,10H2,1-5H3. The summed E-state index contributed by atoms with van der Waals surface area (Å²) >= 11 is 0. The third kappa shape index (κ3) is 4.15. The molecule has 1 aliphatic rings. The molecular weight excluding hydrogens is 328 g/mol. The van der Waals surface area contributed by atoms with Crippen LogP contribution in [0.4, 0.5) is 0 Å². The van der Waals surface area contributed by atoms with Gasteiger partial charge in [-0.2, -0.15) is 0 Å².